The fraction of sp³-hybridized carbons (Fsp3) is 0.429. The summed E-state index contributed by atoms with van der Waals surface area (Å²) in [6.07, 6.45) is 4.91. The van der Waals surface area contributed by atoms with Gasteiger partial charge in [-0.15, -0.1) is 40.5 Å². The zero-order chi connectivity index (χ0) is 28.7. The van der Waals surface area contributed by atoms with Gasteiger partial charge in [-0.2, -0.15) is 0 Å². The van der Waals surface area contributed by atoms with E-state index in [9.17, 15) is 9.90 Å². The Bertz CT molecular complexity index is 1440. The Labute approximate surface area is 258 Å². The van der Waals surface area contributed by atoms with Crippen LogP contribution in [0.15, 0.2) is 59.7 Å². The number of aryl methyl sites for hydroxylation is 1. The number of hydrogen-bond donors (Lipinski definition) is 1. The average Bonchev–Trinajstić information content (AvgIpc) is 3.29. The number of pyridine rings is 1. The maximum absolute atomic E-state index is 11.7. The third-order valence-corrected chi connectivity index (χ3v) is 8.59. The Morgan fingerprint density at radius 1 is 1.00 bits per heavy atom. The monoisotopic (exact) mass is 735 g/mol. The summed E-state index contributed by atoms with van der Waals surface area (Å²) >= 11 is 1.76. The van der Waals surface area contributed by atoms with E-state index in [1.165, 1.54) is 27.3 Å². The van der Waals surface area contributed by atoms with Gasteiger partial charge in [-0.1, -0.05) is 83.7 Å². The Balaban J connectivity index is 0.000000307. The number of rotatable bonds is 8. The molecule has 0 atom stereocenters. The van der Waals surface area contributed by atoms with Gasteiger partial charge in [-0.05, 0) is 55.0 Å². The van der Waals surface area contributed by atoms with Crippen LogP contribution < -0.4 is 0 Å². The molecule has 0 saturated carbocycles. The van der Waals surface area contributed by atoms with Crippen molar-refractivity contribution in [1.29, 1.82) is 0 Å². The normalized spacial score (nSPS) is 12.0. The number of carbonyl (C=O) groups excluding carboxylic acids is 1. The van der Waals surface area contributed by atoms with E-state index in [0.717, 1.165) is 47.8 Å². The summed E-state index contributed by atoms with van der Waals surface area (Å²) in [6.45, 7) is 17.0. The first-order chi connectivity index (χ1) is 18.5. The smallest absolute Gasteiger partial charge is 0.162 e. The molecular formula is C35H44IrNO2S-. The summed E-state index contributed by atoms with van der Waals surface area (Å²) in [4.78, 5) is 16.6. The molecule has 1 N–H and O–H groups in total. The van der Waals surface area contributed by atoms with E-state index in [0.29, 0.717) is 0 Å². The Kier molecular flexibility index (Phi) is 12.7. The Morgan fingerprint density at radius 3 is 2.23 bits per heavy atom. The van der Waals surface area contributed by atoms with Crippen molar-refractivity contribution in [1.82, 2.24) is 4.98 Å². The van der Waals surface area contributed by atoms with Crippen LogP contribution >= 0.6 is 11.3 Å². The molecule has 0 spiro atoms. The fourth-order valence-corrected chi connectivity index (χ4v) is 5.83. The minimum atomic E-state index is 0. The van der Waals surface area contributed by atoms with Crippen LogP contribution in [0.1, 0.15) is 85.3 Å². The van der Waals surface area contributed by atoms with Crippen molar-refractivity contribution >= 4 is 38.1 Å². The van der Waals surface area contributed by atoms with Crippen molar-refractivity contribution in [2.24, 2.45) is 11.8 Å². The molecule has 217 valence electrons. The molecule has 0 saturated heterocycles. The number of nitrogens with zero attached hydrogens (tertiary/aromatic N) is 1. The molecule has 0 aliphatic heterocycles. The van der Waals surface area contributed by atoms with Gasteiger partial charge in [-0.3, -0.25) is 9.78 Å². The van der Waals surface area contributed by atoms with Gasteiger partial charge in [0.05, 0.1) is 16.0 Å². The number of benzene rings is 2. The molecule has 4 rings (SSSR count). The molecule has 0 aliphatic carbocycles. The molecule has 0 amide bonds. The van der Waals surface area contributed by atoms with Crippen LogP contribution in [0.4, 0.5) is 0 Å². The number of ketones is 1. The molecule has 40 heavy (non-hydrogen) atoms. The number of carbonyl (C=O) groups is 1. The van der Waals surface area contributed by atoms with Crippen LogP contribution in [-0.4, -0.2) is 15.9 Å². The molecule has 0 aliphatic rings. The van der Waals surface area contributed by atoms with E-state index in [1.54, 1.807) is 11.3 Å². The van der Waals surface area contributed by atoms with Crippen molar-refractivity contribution in [3.8, 4) is 11.3 Å². The van der Waals surface area contributed by atoms with Gasteiger partial charge in [0, 0.05) is 43.7 Å². The number of allylic oxidation sites excluding steroid dienone is 2. The molecule has 4 aromatic rings. The largest absolute Gasteiger partial charge is 0.512 e. The fourth-order valence-electron chi connectivity index (χ4n) is 4.95. The topological polar surface area (TPSA) is 50.2 Å². The predicted octanol–water partition coefficient (Wildman–Crippen LogP) is 10.4. The van der Waals surface area contributed by atoms with Crippen LogP contribution in [0.2, 0.25) is 0 Å². The Hall–Kier alpha value is -2.33. The third-order valence-electron chi connectivity index (χ3n) is 7.54. The minimum Gasteiger partial charge on any atom is -0.512 e. The van der Waals surface area contributed by atoms with E-state index < -0.39 is 0 Å². The zero-order valence-electron chi connectivity index (χ0n) is 25.2. The van der Waals surface area contributed by atoms with Gasteiger partial charge in [0.25, 0.3) is 0 Å². The SMILES string of the molecule is CCC(CC)C(=O)/C=C(\O)C(CC)CC.Cc1csc2ccc(-c3[c-]c4ccccc4c(C(C)(C)C)c3)nc12.[Ir]. The summed E-state index contributed by atoms with van der Waals surface area (Å²) in [7, 11) is 0. The quantitative estimate of drug-likeness (QED) is 0.111. The van der Waals surface area contributed by atoms with Gasteiger partial charge in [0.1, 0.15) is 0 Å². The van der Waals surface area contributed by atoms with Crippen molar-refractivity contribution in [3.63, 3.8) is 0 Å². The number of aliphatic hydroxyl groups excluding tert-OH is 1. The molecule has 2 aromatic heterocycles. The van der Waals surface area contributed by atoms with Crippen LogP contribution in [0, 0.1) is 24.8 Å². The molecule has 1 radical (unpaired) electrons. The first-order valence-electron chi connectivity index (χ1n) is 14.3. The zero-order valence-corrected chi connectivity index (χ0v) is 28.4. The molecule has 5 heteroatoms. The van der Waals surface area contributed by atoms with Crippen LogP contribution in [0.25, 0.3) is 32.2 Å². The second-order valence-electron chi connectivity index (χ2n) is 11.4. The first kappa shape index (κ1) is 33.9. The molecule has 0 fully saturated rings. The van der Waals surface area contributed by atoms with Gasteiger partial charge in [0.2, 0.25) is 0 Å². The molecule has 2 aromatic carbocycles. The summed E-state index contributed by atoms with van der Waals surface area (Å²) in [5, 5.41) is 14.4. The van der Waals surface area contributed by atoms with E-state index in [2.05, 4.69) is 81.6 Å². The minimum absolute atomic E-state index is 0. The maximum Gasteiger partial charge on any atom is 0.162 e. The molecule has 0 unspecified atom stereocenters. The summed E-state index contributed by atoms with van der Waals surface area (Å²) in [5.41, 5.74) is 5.85. The predicted molar refractivity (Wildman–Crippen MR) is 169 cm³/mol. The van der Waals surface area contributed by atoms with E-state index in [1.807, 2.05) is 27.7 Å². The Morgan fingerprint density at radius 2 is 1.62 bits per heavy atom. The summed E-state index contributed by atoms with van der Waals surface area (Å²) < 4.78 is 1.24. The van der Waals surface area contributed by atoms with E-state index in [-0.39, 0.29) is 48.9 Å². The van der Waals surface area contributed by atoms with E-state index in [4.69, 9.17) is 4.98 Å². The third kappa shape index (κ3) is 8.12. The summed E-state index contributed by atoms with van der Waals surface area (Å²) in [6, 6.07) is 18.6. The van der Waals surface area contributed by atoms with Gasteiger partial charge in [-0.25, -0.2) is 0 Å². The second-order valence-corrected chi connectivity index (χ2v) is 12.3. The molecular weight excluding hydrogens is 691 g/mol. The number of aromatic nitrogens is 1. The van der Waals surface area contributed by atoms with Crippen molar-refractivity contribution in [2.45, 2.75) is 86.5 Å². The van der Waals surface area contributed by atoms with Gasteiger partial charge >= 0.3 is 0 Å². The average molecular weight is 735 g/mol. The number of fused-ring (bicyclic) bond motifs is 2. The van der Waals surface area contributed by atoms with Crippen LogP contribution in [0.5, 0.6) is 0 Å². The number of thiophene rings is 1. The van der Waals surface area contributed by atoms with Crippen molar-refractivity contribution in [2.75, 3.05) is 0 Å². The first-order valence-corrected chi connectivity index (χ1v) is 15.2. The van der Waals surface area contributed by atoms with Crippen LogP contribution in [-0.2, 0) is 30.3 Å². The van der Waals surface area contributed by atoms with Crippen LogP contribution in [0.3, 0.4) is 0 Å². The standard InChI is InChI=1S/C22H20NS.C13H24O2.Ir/c1-14-13-24-20-10-9-19(23-21(14)20)16-11-15-7-5-6-8-17(15)18(12-16)22(2,3)4;1-5-10(6-2)12(14)9-13(15)11(7-3)8-4;/h5-10,12-13H,1-4H3;9-11,14H,5-8H2,1-4H3;/q-1;;/b;12-9-;. The van der Waals surface area contributed by atoms with Crippen molar-refractivity contribution in [3.05, 3.63) is 76.9 Å². The number of hydrogen-bond acceptors (Lipinski definition) is 4. The molecule has 3 nitrogen and oxygen atoms in total. The van der Waals surface area contributed by atoms with Gasteiger partial charge in [0.15, 0.2) is 5.78 Å². The molecule has 2 heterocycles. The van der Waals surface area contributed by atoms with E-state index >= 15 is 0 Å². The van der Waals surface area contributed by atoms with Gasteiger partial charge < -0.3 is 5.11 Å². The van der Waals surface area contributed by atoms with Crippen molar-refractivity contribution < 1.29 is 30.0 Å². The number of aliphatic hydroxyl groups is 1. The summed E-state index contributed by atoms with van der Waals surface area (Å²) in [5.74, 6) is 0.547. The molecule has 0 bridgehead atoms. The second kappa shape index (κ2) is 15.1. The maximum atomic E-state index is 11.7.